The van der Waals surface area contributed by atoms with Gasteiger partial charge in [0.15, 0.2) is 5.78 Å². The average molecular weight is 436 g/mol. The van der Waals surface area contributed by atoms with Gasteiger partial charge < -0.3 is 10.1 Å². The van der Waals surface area contributed by atoms with E-state index in [1.807, 2.05) is 37.3 Å². The molecule has 1 N–H and O–H groups in total. The Morgan fingerprint density at radius 3 is 2.48 bits per heavy atom. The van der Waals surface area contributed by atoms with E-state index >= 15 is 0 Å². The third-order valence-corrected chi connectivity index (χ3v) is 7.25. The SMILES string of the molecule is COc1ccc(-c2cc(-c3ccncc3)cc3c2NCC2C(C)C(=O)C(C#N)=C[C@]32C)cc1. The number of fused-ring (bicyclic) bond motifs is 3. The zero-order valence-corrected chi connectivity index (χ0v) is 18.9. The smallest absolute Gasteiger partial charge is 0.176 e. The Labute approximate surface area is 193 Å². The number of pyridine rings is 1. The van der Waals surface area contributed by atoms with Gasteiger partial charge in [0.05, 0.1) is 12.7 Å². The number of benzene rings is 2. The van der Waals surface area contributed by atoms with Crippen molar-refractivity contribution in [1.29, 1.82) is 5.26 Å². The second-order valence-electron chi connectivity index (χ2n) is 9.00. The molecule has 33 heavy (non-hydrogen) atoms. The van der Waals surface area contributed by atoms with Crippen molar-refractivity contribution in [1.82, 2.24) is 4.98 Å². The van der Waals surface area contributed by atoms with E-state index in [1.165, 1.54) is 0 Å². The number of rotatable bonds is 3. The molecule has 0 bridgehead atoms. The summed E-state index contributed by atoms with van der Waals surface area (Å²) in [4.78, 5) is 16.9. The molecule has 0 saturated heterocycles. The first-order chi connectivity index (χ1) is 16.0. The van der Waals surface area contributed by atoms with Crippen LogP contribution in [0.5, 0.6) is 5.75 Å². The Balaban J connectivity index is 1.79. The van der Waals surface area contributed by atoms with Gasteiger partial charge >= 0.3 is 0 Å². The van der Waals surface area contributed by atoms with Crippen molar-refractivity contribution >= 4 is 11.5 Å². The van der Waals surface area contributed by atoms with Crippen LogP contribution in [0.1, 0.15) is 19.4 Å². The summed E-state index contributed by atoms with van der Waals surface area (Å²) in [5.41, 5.74) is 6.26. The first kappa shape index (κ1) is 21.0. The molecule has 5 nitrogen and oxygen atoms in total. The Bertz CT molecular complexity index is 1310. The van der Waals surface area contributed by atoms with Crippen LogP contribution in [0, 0.1) is 23.2 Å². The number of nitriles is 1. The van der Waals surface area contributed by atoms with Gasteiger partial charge in [-0.15, -0.1) is 0 Å². The largest absolute Gasteiger partial charge is 0.497 e. The van der Waals surface area contributed by atoms with Crippen LogP contribution in [0.3, 0.4) is 0 Å². The highest BCUT2D eigenvalue weighted by molar-refractivity contribution is 6.02. The number of anilines is 1. The van der Waals surface area contributed by atoms with Crippen molar-refractivity contribution < 1.29 is 9.53 Å². The molecule has 3 aromatic rings. The van der Waals surface area contributed by atoms with Crippen molar-refractivity contribution in [2.24, 2.45) is 11.8 Å². The molecule has 2 aromatic carbocycles. The van der Waals surface area contributed by atoms with Crippen molar-refractivity contribution in [2.75, 3.05) is 19.0 Å². The van der Waals surface area contributed by atoms with Gasteiger partial charge in [0.1, 0.15) is 11.8 Å². The number of methoxy groups -OCH3 is 1. The normalized spacial score (nSPS) is 23.5. The molecule has 1 aliphatic heterocycles. The molecule has 0 saturated carbocycles. The van der Waals surface area contributed by atoms with Crippen molar-refractivity contribution in [3.05, 3.63) is 78.1 Å². The first-order valence-corrected chi connectivity index (χ1v) is 11.1. The van der Waals surface area contributed by atoms with Gasteiger partial charge in [0.2, 0.25) is 0 Å². The van der Waals surface area contributed by atoms with Gasteiger partial charge in [-0.05, 0) is 64.6 Å². The second-order valence-corrected chi connectivity index (χ2v) is 9.00. The number of carbonyl (C=O) groups is 1. The van der Waals surface area contributed by atoms with E-state index in [-0.39, 0.29) is 23.2 Å². The average Bonchev–Trinajstić information content (AvgIpc) is 2.86. The summed E-state index contributed by atoms with van der Waals surface area (Å²) in [7, 11) is 1.66. The fraction of sp³-hybridized carbons (Fsp3) is 0.250. The van der Waals surface area contributed by atoms with Gasteiger partial charge in [-0.25, -0.2) is 0 Å². The molecule has 1 aromatic heterocycles. The number of aromatic nitrogens is 1. The molecule has 1 aliphatic carbocycles. The standard InChI is InChI=1S/C28H25N3O2/c1-17-25-16-31-26-23(19-4-6-22(33-3)7-5-19)12-20(18-8-10-30-11-9-18)13-24(26)28(25,2)14-21(15-29)27(17)32/h4-14,17,25,31H,16H2,1-3H3/t17?,25?,28-/m1/s1. The van der Waals surface area contributed by atoms with Crippen LogP contribution in [0.15, 0.2) is 72.6 Å². The summed E-state index contributed by atoms with van der Waals surface area (Å²) in [5, 5.41) is 13.3. The predicted molar refractivity (Wildman–Crippen MR) is 129 cm³/mol. The highest BCUT2D eigenvalue weighted by Crippen LogP contribution is 2.52. The molecule has 0 fully saturated rings. The highest BCUT2D eigenvalue weighted by Gasteiger charge is 2.48. The summed E-state index contributed by atoms with van der Waals surface area (Å²) in [6.07, 6.45) is 5.48. The molecular weight excluding hydrogens is 410 g/mol. The molecule has 2 heterocycles. The number of carbonyl (C=O) groups excluding carboxylic acids is 1. The predicted octanol–water partition coefficient (Wildman–Crippen LogP) is 5.39. The van der Waals surface area contributed by atoms with Gasteiger partial charge in [0.25, 0.3) is 0 Å². The van der Waals surface area contributed by atoms with Crippen LogP contribution >= 0.6 is 0 Å². The molecule has 2 aliphatic rings. The van der Waals surface area contributed by atoms with E-state index in [1.54, 1.807) is 19.5 Å². The Morgan fingerprint density at radius 2 is 1.82 bits per heavy atom. The summed E-state index contributed by atoms with van der Waals surface area (Å²) in [6.45, 7) is 4.77. The maximum absolute atomic E-state index is 12.8. The van der Waals surface area contributed by atoms with Crippen molar-refractivity contribution in [3.8, 4) is 34.1 Å². The molecule has 0 spiro atoms. The van der Waals surface area contributed by atoms with E-state index in [9.17, 15) is 10.1 Å². The fourth-order valence-corrected chi connectivity index (χ4v) is 5.36. The lowest BCUT2D eigenvalue weighted by atomic mass is 9.59. The van der Waals surface area contributed by atoms with Gasteiger partial charge in [-0.3, -0.25) is 9.78 Å². The van der Waals surface area contributed by atoms with E-state index < -0.39 is 5.41 Å². The Morgan fingerprint density at radius 1 is 1.09 bits per heavy atom. The monoisotopic (exact) mass is 435 g/mol. The molecule has 3 atom stereocenters. The lowest BCUT2D eigenvalue weighted by Gasteiger charge is -2.47. The Kier molecular flexibility index (Phi) is 5.02. The van der Waals surface area contributed by atoms with E-state index in [2.05, 4.69) is 47.6 Å². The zero-order chi connectivity index (χ0) is 23.2. The molecule has 164 valence electrons. The lowest BCUT2D eigenvalue weighted by molar-refractivity contribution is -0.121. The Hall–Kier alpha value is -3.91. The number of nitrogens with one attached hydrogen (secondary N) is 1. The molecule has 5 heteroatoms. The topological polar surface area (TPSA) is 75.0 Å². The third kappa shape index (κ3) is 3.30. The van der Waals surface area contributed by atoms with Gasteiger partial charge in [-0.1, -0.05) is 32.1 Å². The minimum absolute atomic E-state index is 0.0611. The fourth-order valence-electron chi connectivity index (χ4n) is 5.36. The quantitative estimate of drug-likeness (QED) is 0.597. The van der Waals surface area contributed by atoms with Crippen LogP contribution in [0.2, 0.25) is 0 Å². The van der Waals surface area contributed by atoms with Crippen molar-refractivity contribution in [3.63, 3.8) is 0 Å². The minimum atomic E-state index is -0.441. The third-order valence-electron chi connectivity index (χ3n) is 7.25. The van der Waals surface area contributed by atoms with Crippen LogP contribution < -0.4 is 10.1 Å². The molecule has 2 unspecified atom stereocenters. The minimum Gasteiger partial charge on any atom is -0.497 e. The number of ketones is 1. The number of ether oxygens (including phenoxy) is 1. The van der Waals surface area contributed by atoms with E-state index in [0.29, 0.717) is 6.54 Å². The number of allylic oxidation sites excluding steroid dienone is 2. The van der Waals surface area contributed by atoms with Crippen LogP contribution in [-0.2, 0) is 10.2 Å². The van der Waals surface area contributed by atoms with Crippen LogP contribution in [-0.4, -0.2) is 24.4 Å². The van der Waals surface area contributed by atoms with Gasteiger partial charge in [0, 0.05) is 41.5 Å². The number of hydrogen-bond donors (Lipinski definition) is 1. The zero-order valence-electron chi connectivity index (χ0n) is 18.9. The van der Waals surface area contributed by atoms with Gasteiger partial charge in [-0.2, -0.15) is 5.26 Å². The number of hydrogen-bond acceptors (Lipinski definition) is 5. The number of nitrogens with zero attached hydrogens (tertiary/aromatic N) is 2. The van der Waals surface area contributed by atoms with Crippen LogP contribution in [0.4, 0.5) is 5.69 Å². The summed E-state index contributed by atoms with van der Waals surface area (Å²) >= 11 is 0. The summed E-state index contributed by atoms with van der Waals surface area (Å²) in [5.74, 6) is 0.570. The first-order valence-electron chi connectivity index (χ1n) is 11.1. The van der Waals surface area contributed by atoms with Crippen LogP contribution in [0.25, 0.3) is 22.3 Å². The maximum Gasteiger partial charge on any atom is 0.176 e. The lowest BCUT2D eigenvalue weighted by Crippen LogP contribution is -2.48. The van der Waals surface area contributed by atoms with E-state index in [4.69, 9.17) is 4.74 Å². The summed E-state index contributed by atoms with van der Waals surface area (Å²) < 4.78 is 5.35. The second kappa shape index (κ2) is 7.90. The summed E-state index contributed by atoms with van der Waals surface area (Å²) in [6, 6.07) is 18.6. The molecule has 0 radical (unpaired) electrons. The maximum atomic E-state index is 12.8. The molecular formula is C28H25N3O2. The molecule has 0 amide bonds. The number of Topliss-reactive ketones (excluding diaryl/α,β-unsaturated/α-hetero) is 1. The molecule has 5 rings (SSSR count). The highest BCUT2D eigenvalue weighted by atomic mass is 16.5. The van der Waals surface area contributed by atoms with E-state index in [0.717, 1.165) is 39.3 Å². The van der Waals surface area contributed by atoms with Crippen molar-refractivity contribution in [2.45, 2.75) is 19.3 Å².